The van der Waals surface area contributed by atoms with E-state index in [9.17, 15) is 4.79 Å². The monoisotopic (exact) mass is 326 g/mol. The van der Waals surface area contributed by atoms with E-state index in [1.807, 2.05) is 49.4 Å². The van der Waals surface area contributed by atoms with E-state index >= 15 is 0 Å². The number of rotatable bonds is 6. The number of hydrazone groups is 1. The number of nitrogens with one attached hydrogen (secondary N) is 1. The zero-order valence-corrected chi connectivity index (χ0v) is 14.5. The largest absolute Gasteiger partial charge is 0.272 e. The van der Waals surface area contributed by atoms with Gasteiger partial charge in [0.2, 0.25) is 0 Å². The van der Waals surface area contributed by atoms with Crippen molar-refractivity contribution in [3.8, 4) is 0 Å². The van der Waals surface area contributed by atoms with Crippen LogP contribution in [-0.4, -0.2) is 17.4 Å². The third-order valence-corrected chi connectivity index (χ3v) is 4.53. The Bertz CT molecular complexity index is 651. The Balaban J connectivity index is 1.85. The molecule has 3 nitrogen and oxygen atoms in total. The van der Waals surface area contributed by atoms with E-state index in [1.54, 1.807) is 6.21 Å². The summed E-state index contributed by atoms with van der Waals surface area (Å²) in [7, 11) is 0. The lowest BCUT2D eigenvalue weighted by atomic mass is 10.0. The Labute approximate surface area is 142 Å². The topological polar surface area (TPSA) is 41.5 Å². The lowest BCUT2D eigenvalue weighted by molar-refractivity contribution is -0.120. The normalized spacial score (nSPS) is 12.5. The van der Waals surface area contributed by atoms with Crippen LogP contribution >= 0.6 is 11.8 Å². The average molecular weight is 326 g/mol. The zero-order valence-electron chi connectivity index (χ0n) is 13.7. The SMILES string of the molecule is CC(C)c1ccc(/C=N\NC(=O)[C@H](C)Sc2ccccc2)cc1. The first kappa shape index (κ1) is 17.3. The summed E-state index contributed by atoms with van der Waals surface area (Å²) < 4.78 is 0. The fraction of sp³-hybridized carbons (Fsp3) is 0.263. The van der Waals surface area contributed by atoms with Crippen LogP contribution < -0.4 is 5.43 Å². The van der Waals surface area contributed by atoms with Gasteiger partial charge in [-0.25, -0.2) is 5.43 Å². The Morgan fingerprint density at radius 3 is 2.30 bits per heavy atom. The first-order valence-corrected chi connectivity index (χ1v) is 8.59. The molecule has 0 saturated heterocycles. The van der Waals surface area contributed by atoms with Crippen LogP contribution in [0.3, 0.4) is 0 Å². The molecule has 0 aliphatic heterocycles. The summed E-state index contributed by atoms with van der Waals surface area (Å²) in [5, 5.41) is 3.84. The van der Waals surface area contributed by atoms with Crippen molar-refractivity contribution < 1.29 is 4.79 Å². The van der Waals surface area contributed by atoms with Crippen LogP contribution in [0.25, 0.3) is 0 Å². The lowest BCUT2D eigenvalue weighted by Gasteiger charge is -2.09. The molecule has 0 bridgehead atoms. The van der Waals surface area contributed by atoms with Gasteiger partial charge in [0.25, 0.3) is 5.91 Å². The highest BCUT2D eigenvalue weighted by atomic mass is 32.2. The maximum atomic E-state index is 12.0. The van der Waals surface area contributed by atoms with Crippen LogP contribution in [-0.2, 0) is 4.79 Å². The van der Waals surface area contributed by atoms with Gasteiger partial charge in [-0.2, -0.15) is 5.10 Å². The van der Waals surface area contributed by atoms with E-state index in [0.29, 0.717) is 5.92 Å². The fourth-order valence-corrected chi connectivity index (χ4v) is 2.87. The minimum Gasteiger partial charge on any atom is -0.272 e. The van der Waals surface area contributed by atoms with E-state index in [1.165, 1.54) is 17.3 Å². The Morgan fingerprint density at radius 1 is 1.04 bits per heavy atom. The second-order valence-electron chi connectivity index (χ2n) is 5.63. The minimum absolute atomic E-state index is 0.103. The van der Waals surface area contributed by atoms with Gasteiger partial charge < -0.3 is 0 Å². The van der Waals surface area contributed by atoms with E-state index in [4.69, 9.17) is 0 Å². The van der Waals surface area contributed by atoms with Gasteiger partial charge in [0.1, 0.15) is 0 Å². The van der Waals surface area contributed by atoms with Crippen molar-refractivity contribution in [3.05, 3.63) is 65.7 Å². The van der Waals surface area contributed by atoms with Gasteiger partial charge in [-0.15, -0.1) is 11.8 Å². The molecular formula is C19H22N2OS. The summed E-state index contributed by atoms with van der Waals surface area (Å²) in [5.74, 6) is 0.408. The van der Waals surface area contributed by atoms with Crippen LogP contribution in [0.15, 0.2) is 64.6 Å². The van der Waals surface area contributed by atoms with Crippen LogP contribution in [0.4, 0.5) is 0 Å². The second kappa shape index (κ2) is 8.53. The molecule has 2 aromatic rings. The number of amides is 1. The van der Waals surface area contributed by atoms with Crippen LogP contribution in [0.5, 0.6) is 0 Å². The lowest BCUT2D eigenvalue weighted by Crippen LogP contribution is -2.26. The van der Waals surface area contributed by atoms with Crippen molar-refractivity contribution in [2.24, 2.45) is 5.10 Å². The first-order valence-electron chi connectivity index (χ1n) is 7.71. The summed E-state index contributed by atoms with van der Waals surface area (Å²) in [5.41, 5.74) is 4.86. The molecule has 0 radical (unpaired) electrons. The smallest absolute Gasteiger partial charge is 0.253 e. The van der Waals surface area contributed by atoms with Crippen LogP contribution in [0, 0.1) is 0 Å². The molecule has 1 N–H and O–H groups in total. The first-order chi connectivity index (χ1) is 11.1. The van der Waals surface area contributed by atoms with Crippen molar-refractivity contribution in [1.82, 2.24) is 5.43 Å². The van der Waals surface area contributed by atoms with Crippen LogP contribution in [0.1, 0.15) is 37.8 Å². The van der Waals surface area contributed by atoms with Crippen LogP contribution in [0.2, 0.25) is 0 Å². The number of hydrogen-bond acceptors (Lipinski definition) is 3. The molecule has 0 saturated carbocycles. The predicted molar refractivity (Wildman–Crippen MR) is 98.0 cm³/mol. The third-order valence-electron chi connectivity index (χ3n) is 3.42. The summed E-state index contributed by atoms with van der Waals surface area (Å²) in [6.07, 6.45) is 1.67. The van der Waals surface area contributed by atoms with Gasteiger partial charge in [0.15, 0.2) is 0 Å². The van der Waals surface area contributed by atoms with Crippen molar-refractivity contribution in [3.63, 3.8) is 0 Å². The molecule has 2 aromatic carbocycles. The van der Waals surface area contributed by atoms with E-state index < -0.39 is 0 Å². The maximum Gasteiger partial charge on any atom is 0.253 e. The molecular weight excluding hydrogens is 304 g/mol. The van der Waals surface area contributed by atoms with Gasteiger partial charge in [-0.1, -0.05) is 56.3 Å². The average Bonchev–Trinajstić information content (AvgIpc) is 2.56. The highest BCUT2D eigenvalue weighted by Gasteiger charge is 2.13. The summed E-state index contributed by atoms with van der Waals surface area (Å²) in [6, 6.07) is 18.1. The van der Waals surface area contributed by atoms with Gasteiger partial charge in [0.05, 0.1) is 11.5 Å². The standard InChI is InChI=1S/C19H22N2OS/c1-14(2)17-11-9-16(10-12-17)13-20-21-19(22)15(3)23-18-7-5-4-6-8-18/h4-15H,1-3H3,(H,21,22)/b20-13-/t15-/m0/s1. The molecule has 0 spiro atoms. The van der Waals surface area contributed by atoms with E-state index in [-0.39, 0.29) is 11.2 Å². The molecule has 1 atom stereocenters. The Hall–Kier alpha value is -2.07. The molecule has 120 valence electrons. The molecule has 0 aliphatic rings. The Morgan fingerprint density at radius 2 is 1.70 bits per heavy atom. The van der Waals surface area contributed by atoms with Gasteiger partial charge in [0, 0.05) is 4.90 Å². The number of hydrogen-bond donors (Lipinski definition) is 1. The molecule has 0 unspecified atom stereocenters. The van der Waals surface area contributed by atoms with Crippen molar-refractivity contribution >= 4 is 23.9 Å². The van der Waals surface area contributed by atoms with Gasteiger partial charge in [-0.3, -0.25) is 4.79 Å². The summed E-state index contributed by atoms with van der Waals surface area (Å²) in [4.78, 5) is 13.1. The zero-order chi connectivity index (χ0) is 16.7. The molecule has 4 heteroatoms. The molecule has 0 aromatic heterocycles. The highest BCUT2D eigenvalue weighted by Crippen LogP contribution is 2.22. The number of carbonyl (C=O) groups is 1. The predicted octanol–water partition coefficient (Wildman–Crippen LogP) is 4.44. The molecule has 0 aliphatic carbocycles. The quantitative estimate of drug-likeness (QED) is 0.484. The van der Waals surface area contributed by atoms with Crippen molar-refractivity contribution in [2.75, 3.05) is 0 Å². The molecule has 0 fully saturated rings. The fourth-order valence-electron chi connectivity index (χ4n) is 1.99. The van der Waals surface area contributed by atoms with E-state index in [2.05, 4.69) is 36.5 Å². The molecule has 1 amide bonds. The highest BCUT2D eigenvalue weighted by molar-refractivity contribution is 8.00. The Kier molecular flexibility index (Phi) is 6.41. The van der Waals surface area contributed by atoms with Crippen molar-refractivity contribution in [1.29, 1.82) is 0 Å². The minimum atomic E-state index is -0.196. The van der Waals surface area contributed by atoms with Gasteiger partial charge >= 0.3 is 0 Å². The van der Waals surface area contributed by atoms with Crippen molar-refractivity contribution in [2.45, 2.75) is 36.8 Å². The second-order valence-corrected chi connectivity index (χ2v) is 7.04. The number of carbonyl (C=O) groups excluding carboxylic acids is 1. The summed E-state index contributed by atoms with van der Waals surface area (Å²) in [6.45, 7) is 6.20. The maximum absolute atomic E-state index is 12.0. The number of nitrogens with zero attached hydrogens (tertiary/aromatic N) is 1. The number of benzene rings is 2. The molecule has 2 rings (SSSR count). The third kappa shape index (κ3) is 5.57. The molecule has 0 heterocycles. The van der Waals surface area contributed by atoms with E-state index in [0.717, 1.165) is 10.5 Å². The summed E-state index contributed by atoms with van der Waals surface area (Å²) >= 11 is 1.52. The number of thioether (sulfide) groups is 1. The van der Waals surface area contributed by atoms with Gasteiger partial charge in [-0.05, 0) is 36.1 Å². The molecule has 23 heavy (non-hydrogen) atoms.